The minimum absolute atomic E-state index is 0.347. The molecule has 4 aliphatic rings. The van der Waals surface area contributed by atoms with Gasteiger partial charge in [-0.3, -0.25) is 19.8 Å². The monoisotopic (exact) mass is 487 g/mol. The van der Waals surface area contributed by atoms with E-state index in [0.717, 1.165) is 63.4 Å². The molecule has 0 spiro atoms. The second kappa shape index (κ2) is 10.6. The van der Waals surface area contributed by atoms with Crippen molar-refractivity contribution in [3.63, 3.8) is 0 Å². The Kier molecular flexibility index (Phi) is 7.33. The molecule has 0 aliphatic carbocycles. The predicted octanol–water partition coefficient (Wildman–Crippen LogP) is 1.24. The van der Waals surface area contributed by atoms with Crippen LogP contribution in [0, 0.1) is 0 Å². The summed E-state index contributed by atoms with van der Waals surface area (Å²) in [4.78, 5) is 43.3. The summed E-state index contributed by atoms with van der Waals surface area (Å²) in [5.74, 6) is 1.15. The zero-order chi connectivity index (χ0) is 23.5. The Morgan fingerprint density at radius 3 is 2.41 bits per heavy atom. The maximum atomic E-state index is 12.1. The first-order chi connectivity index (χ1) is 16.6. The van der Waals surface area contributed by atoms with Gasteiger partial charge in [0, 0.05) is 51.4 Å². The number of imide groups is 1. The number of hydrogen-bond acceptors (Lipinski definition) is 10. The smallest absolute Gasteiger partial charge is 0.290 e. The quantitative estimate of drug-likeness (QED) is 0.612. The van der Waals surface area contributed by atoms with E-state index in [9.17, 15) is 9.59 Å². The summed E-state index contributed by atoms with van der Waals surface area (Å²) >= 11 is 0.913. The SMILES string of the molecule is CCN1CCC(N2CCN(c3nc(/C=C4/SC(=O)NC4=O)cc(N4CCOCC4)n3)CC2)CC1. The van der Waals surface area contributed by atoms with Crippen LogP contribution in [0.2, 0.25) is 0 Å². The summed E-state index contributed by atoms with van der Waals surface area (Å²) in [6.07, 6.45) is 4.18. The molecule has 0 unspecified atom stereocenters. The number of ether oxygens (including phenoxy) is 1. The number of thioether (sulfide) groups is 1. The third kappa shape index (κ3) is 5.37. The molecular weight excluding hydrogens is 454 g/mol. The van der Waals surface area contributed by atoms with E-state index in [4.69, 9.17) is 14.7 Å². The first kappa shape index (κ1) is 23.5. The van der Waals surface area contributed by atoms with E-state index in [1.165, 1.54) is 25.9 Å². The molecular formula is C23H33N7O3S. The van der Waals surface area contributed by atoms with Crippen molar-refractivity contribution in [1.82, 2.24) is 25.1 Å². The number of rotatable bonds is 5. The van der Waals surface area contributed by atoms with Crippen LogP contribution in [0.1, 0.15) is 25.5 Å². The highest BCUT2D eigenvalue weighted by molar-refractivity contribution is 8.18. The summed E-state index contributed by atoms with van der Waals surface area (Å²) in [6.45, 7) is 12.4. The number of anilines is 2. The van der Waals surface area contributed by atoms with Gasteiger partial charge in [-0.25, -0.2) is 4.98 Å². The average molecular weight is 488 g/mol. The van der Waals surface area contributed by atoms with Gasteiger partial charge in [-0.15, -0.1) is 0 Å². The van der Waals surface area contributed by atoms with Crippen molar-refractivity contribution < 1.29 is 14.3 Å². The molecule has 34 heavy (non-hydrogen) atoms. The molecule has 0 aromatic carbocycles. The van der Waals surface area contributed by atoms with E-state index < -0.39 is 0 Å². The van der Waals surface area contributed by atoms with Crippen molar-refractivity contribution in [2.24, 2.45) is 0 Å². The lowest BCUT2D eigenvalue weighted by Gasteiger charge is -2.42. The first-order valence-electron chi connectivity index (χ1n) is 12.3. The van der Waals surface area contributed by atoms with Gasteiger partial charge in [0.15, 0.2) is 0 Å². The Labute approximate surface area is 204 Å². The third-order valence-corrected chi connectivity index (χ3v) is 7.91. The lowest BCUT2D eigenvalue weighted by atomic mass is 10.0. The largest absolute Gasteiger partial charge is 0.378 e. The van der Waals surface area contributed by atoms with E-state index in [0.29, 0.717) is 35.8 Å². The number of morpholine rings is 1. The summed E-state index contributed by atoms with van der Waals surface area (Å²) in [6, 6.07) is 2.57. The van der Waals surface area contributed by atoms with E-state index in [-0.39, 0.29) is 11.1 Å². The van der Waals surface area contributed by atoms with Gasteiger partial charge in [-0.1, -0.05) is 6.92 Å². The number of carbonyl (C=O) groups is 2. The molecule has 0 saturated carbocycles. The van der Waals surface area contributed by atoms with Crippen LogP contribution in [0.5, 0.6) is 0 Å². The summed E-state index contributed by atoms with van der Waals surface area (Å²) in [5.41, 5.74) is 0.646. The summed E-state index contributed by atoms with van der Waals surface area (Å²) in [5, 5.41) is 1.97. The maximum absolute atomic E-state index is 12.1. The minimum Gasteiger partial charge on any atom is -0.378 e. The Bertz CT molecular complexity index is 936. The van der Waals surface area contributed by atoms with Crippen LogP contribution in [0.4, 0.5) is 16.6 Å². The van der Waals surface area contributed by atoms with Gasteiger partial charge in [0.2, 0.25) is 5.95 Å². The number of nitrogens with one attached hydrogen (secondary N) is 1. The first-order valence-corrected chi connectivity index (χ1v) is 13.1. The molecule has 1 N–H and O–H groups in total. The van der Waals surface area contributed by atoms with Crippen LogP contribution < -0.4 is 15.1 Å². The van der Waals surface area contributed by atoms with Crippen LogP contribution >= 0.6 is 11.8 Å². The van der Waals surface area contributed by atoms with Gasteiger partial charge in [0.25, 0.3) is 11.1 Å². The molecule has 4 saturated heterocycles. The van der Waals surface area contributed by atoms with Crippen molar-refractivity contribution in [3.8, 4) is 0 Å². The minimum atomic E-state index is -0.370. The van der Waals surface area contributed by atoms with E-state index in [2.05, 4.69) is 31.8 Å². The van der Waals surface area contributed by atoms with Crippen molar-refractivity contribution in [1.29, 1.82) is 0 Å². The van der Waals surface area contributed by atoms with Crippen LogP contribution in [0.3, 0.4) is 0 Å². The fourth-order valence-corrected chi connectivity index (χ4v) is 5.72. The van der Waals surface area contributed by atoms with Crippen LogP contribution in [-0.2, 0) is 9.53 Å². The zero-order valence-corrected chi connectivity index (χ0v) is 20.6. The fourth-order valence-electron chi connectivity index (χ4n) is 5.05. The highest BCUT2D eigenvalue weighted by Crippen LogP contribution is 2.28. The molecule has 184 valence electrons. The molecule has 5 heterocycles. The molecule has 11 heteroatoms. The average Bonchev–Trinajstić information content (AvgIpc) is 3.20. The summed E-state index contributed by atoms with van der Waals surface area (Å²) in [7, 11) is 0. The Hall–Kier alpha value is -2.21. The Balaban J connectivity index is 1.32. The lowest BCUT2D eigenvalue weighted by Crippen LogP contribution is -2.53. The number of piperazine rings is 1. The second-order valence-electron chi connectivity index (χ2n) is 9.09. The maximum Gasteiger partial charge on any atom is 0.290 e. The van der Waals surface area contributed by atoms with Crippen molar-refractivity contribution in [2.75, 3.05) is 81.9 Å². The topological polar surface area (TPSA) is 94.1 Å². The van der Waals surface area contributed by atoms with Gasteiger partial charge >= 0.3 is 0 Å². The van der Waals surface area contributed by atoms with E-state index >= 15 is 0 Å². The molecule has 1 aromatic heterocycles. The zero-order valence-electron chi connectivity index (χ0n) is 19.7. The van der Waals surface area contributed by atoms with Crippen molar-refractivity contribution in [3.05, 3.63) is 16.7 Å². The fraction of sp³-hybridized carbons (Fsp3) is 0.652. The number of nitrogens with zero attached hydrogens (tertiary/aromatic N) is 6. The number of amides is 2. The van der Waals surface area contributed by atoms with Gasteiger partial charge in [-0.2, -0.15) is 4.98 Å². The molecule has 0 radical (unpaired) electrons. The van der Waals surface area contributed by atoms with Crippen LogP contribution in [0.25, 0.3) is 6.08 Å². The lowest BCUT2D eigenvalue weighted by molar-refractivity contribution is -0.115. The van der Waals surface area contributed by atoms with E-state index in [1.807, 2.05) is 6.07 Å². The van der Waals surface area contributed by atoms with Crippen molar-refractivity contribution in [2.45, 2.75) is 25.8 Å². The van der Waals surface area contributed by atoms with Gasteiger partial charge in [0.1, 0.15) is 5.82 Å². The van der Waals surface area contributed by atoms with Gasteiger partial charge in [0.05, 0.1) is 23.8 Å². The van der Waals surface area contributed by atoms with Crippen LogP contribution in [-0.4, -0.2) is 109 Å². The predicted molar refractivity (Wildman–Crippen MR) is 133 cm³/mol. The number of likely N-dealkylation sites (tertiary alicyclic amines) is 1. The molecule has 4 fully saturated rings. The molecule has 2 amide bonds. The van der Waals surface area contributed by atoms with Gasteiger partial charge < -0.3 is 19.4 Å². The molecule has 10 nitrogen and oxygen atoms in total. The Morgan fingerprint density at radius 2 is 1.76 bits per heavy atom. The Morgan fingerprint density at radius 1 is 1.03 bits per heavy atom. The number of piperidine rings is 1. The molecule has 0 bridgehead atoms. The summed E-state index contributed by atoms with van der Waals surface area (Å²) < 4.78 is 5.50. The van der Waals surface area contributed by atoms with Gasteiger partial charge in [-0.05, 0) is 50.3 Å². The second-order valence-corrected chi connectivity index (χ2v) is 10.1. The molecule has 5 rings (SSSR count). The standard InChI is InChI=1S/C23H33N7O3S/c1-2-27-5-3-18(4-6-27)28-7-9-30(10-8-28)22-24-17(15-19-21(31)26-23(32)34-19)16-20(25-22)29-11-13-33-14-12-29/h15-16,18H,2-14H2,1H3,(H,26,31,32)/b19-15+. The van der Waals surface area contributed by atoms with E-state index in [1.54, 1.807) is 6.08 Å². The number of hydrogen-bond donors (Lipinski definition) is 1. The highest BCUT2D eigenvalue weighted by atomic mass is 32.2. The van der Waals surface area contributed by atoms with Crippen molar-refractivity contribution >= 4 is 40.8 Å². The van der Waals surface area contributed by atoms with Crippen LogP contribution in [0.15, 0.2) is 11.0 Å². The number of aromatic nitrogens is 2. The normalized spacial score (nSPS) is 24.8. The number of carbonyl (C=O) groups excluding carboxylic acids is 2. The molecule has 0 atom stereocenters. The molecule has 4 aliphatic heterocycles. The molecule has 1 aromatic rings. The highest BCUT2D eigenvalue weighted by Gasteiger charge is 2.29. The third-order valence-electron chi connectivity index (χ3n) is 7.09.